The van der Waals surface area contributed by atoms with Crippen LogP contribution in [0.1, 0.15) is 39.5 Å². The average Bonchev–Trinajstić information content (AvgIpc) is 3.02. The van der Waals surface area contributed by atoms with Crippen LogP contribution in [0.2, 0.25) is 0 Å². The third-order valence-electron chi connectivity index (χ3n) is 6.65. The molecule has 2 aliphatic carbocycles. The number of carbonyl (C=O) groups excluding carboxylic acids is 1. The Morgan fingerprint density at radius 2 is 2.00 bits per heavy atom. The van der Waals surface area contributed by atoms with Crippen LogP contribution in [0, 0.1) is 23.7 Å². The maximum atomic E-state index is 12.6. The molecular formula is C17H27NO3. The summed E-state index contributed by atoms with van der Waals surface area (Å²) in [7, 11) is 4.08. The van der Waals surface area contributed by atoms with Gasteiger partial charge in [-0.1, -0.05) is 6.92 Å². The van der Waals surface area contributed by atoms with Crippen LogP contribution < -0.4 is 0 Å². The van der Waals surface area contributed by atoms with E-state index in [0.717, 1.165) is 25.8 Å². The summed E-state index contributed by atoms with van der Waals surface area (Å²) >= 11 is 0. The van der Waals surface area contributed by atoms with Crippen molar-refractivity contribution in [2.24, 2.45) is 23.7 Å². The van der Waals surface area contributed by atoms with Crippen molar-refractivity contribution < 1.29 is 14.3 Å². The van der Waals surface area contributed by atoms with E-state index in [9.17, 15) is 4.79 Å². The van der Waals surface area contributed by atoms with Gasteiger partial charge in [-0.3, -0.25) is 4.79 Å². The first-order valence-electron chi connectivity index (χ1n) is 8.44. The molecule has 2 saturated heterocycles. The lowest BCUT2D eigenvalue weighted by molar-refractivity contribution is -0.168. The van der Waals surface area contributed by atoms with Gasteiger partial charge in [0, 0.05) is 18.4 Å². The normalized spacial score (nSPS) is 54.7. The van der Waals surface area contributed by atoms with Crippen molar-refractivity contribution >= 4 is 5.97 Å². The van der Waals surface area contributed by atoms with Crippen LogP contribution in [0.3, 0.4) is 0 Å². The van der Waals surface area contributed by atoms with Crippen molar-refractivity contribution in [2.45, 2.75) is 56.8 Å². The molecule has 2 aliphatic heterocycles. The Bertz CT molecular complexity index is 479. The smallest absolute Gasteiger partial charge is 0.311 e. The summed E-state index contributed by atoms with van der Waals surface area (Å²) in [5, 5.41) is 0. The molecule has 0 aromatic carbocycles. The molecule has 4 fully saturated rings. The molecule has 2 saturated carbocycles. The SMILES string of the molecule is C[C@H]1CCC2C(CN(C)C)C(=O)O[C@]23C1CC[C@@]1(C)O[C@@H]31. The number of nitrogens with zero attached hydrogens (tertiary/aromatic N) is 1. The summed E-state index contributed by atoms with van der Waals surface area (Å²) in [6.07, 6.45) is 4.75. The number of fused-ring (bicyclic) bond motifs is 1. The molecule has 7 atom stereocenters. The van der Waals surface area contributed by atoms with E-state index in [4.69, 9.17) is 9.47 Å². The molecule has 4 aliphatic rings. The Labute approximate surface area is 127 Å². The monoisotopic (exact) mass is 293 g/mol. The maximum absolute atomic E-state index is 12.6. The zero-order chi connectivity index (χ0) is 15.0. The van der Waals surface area contributed by atoms with Crippen LogP contribution >= 0.6 is 0 Å². The van der Waals surface area contributed by atoms with Gasteiger partial charge in [-0.2, -0.15) is 0 Å². The first-order chi connectivity index (χ1) is 9.88. The molecule has 0 bridgehead atoms. The molecule has 21 heavy (non-hydrogen) atoms. The Morgan fingerprint density at radius 3 is 2.71 bits per heavy atom. The quantitative estimate of drug-likeness (QED) is 0.577. The fourth-order valence-electron chi connectivity index (χ4n) is 5.65. The maximum Gasteiger partial charge on any atom is 0.311 e. The third kappa shape index (κ3) is 1.72. The van der Waals surface area contributed by atoms with Crippen molar-refractivity contribution in [3.8, 4) is 0 Å². The predicted molar refractivity (Wildman–Crippen MR) is 78.8 cm³/mol. The van der Waals surface area contributed by atoms with E-state index in [1.54, 1.807) is 0 Å². The first-order valence-corrected chi connectivity index (χ1v) is 8.44. The highest BCUT2D eigenvalue weighted by molar-refractivity contribution is 5.77. The van der Waals surface area contributed by atoms with Crippen LogP contribution in [-0.2, 0) is 14.3 Å². The van der Waals surface area contributed by atoms with Gasteiger partial charge in [-0.15, -0.1) is 0 Å². The second kappa shape index (κ2) is 4.23. The van der Waals surface area contributed by atoms with Crippen LogP contribution in [0.15, 0.2) is 0 Å². The minimum atomic E-state index is -0.317. The highest BCUT2D eigenvalue weighted by Gasteiger charge is 2.77. The Hall–Kier alpha value is -0.610. The molecule has 2 heterocycles. The van der Waals surface area contributed by atoms with Gasteiger partial charge < -0.3 is 14.4 Å². The van der Waals surface area contributed by atoms with Crippen LogP contribution in [0.5, 0.6) is 0 Å². The van der Waals surface area contributed by atoms with E-state index in [0.29, 0.717) is 17.8 Å². The average molecular weight is 293 g/mol. The first kappa shape index (κ1) is 14.0. The highest BCUT2D eigenvalue weighted by atomic mass is 16.7. The van der Waals surface area contributed by atoms with Crippen molar-refractivity contribution in [3.05, 3.63) is 0 Å². The van der Waals surface area contributed by atoms with Gasteiger partial charge in [0.05, 0.1) is 11.5 Å². The third-order valence-corrected chi connectivity index (χ3v) is 6.65. The fraction of sp³-hybridized carbons (Fsp3) is 0.941. The number of rotatable bonds is 2. The molecule has 0 radical (unpaired) electrons. The highest BCUT2D eigenvalue weighted by Crippen LogP contribution is 2.66. The van der Waals surface area contributed by atoms with Crippen molar-refractivity contribution in [1.29, 1.82) is 0 Å². The summed E-state index contributed by atoms with van der Waals surface area (Å²) in [5.74, 6) is 1.53. The van der Waals surface area contributed by atoms with Gasteiger partial charge in [0.2, 0.25) is 0 Å². The molecule has 118 valence electrons. The second-order valence-electron chi connectivity index (χ2n) is 8.26. The van der Waals surface area contributed by atoms with Gasteiger partial charge in [0.15, 0.2) is 0 Å². The zero-order valence-corrected chi connectivity index (χ0v) is 13.6. The molecule has 1 spiro atoms. The zero-order valence-electron chi connectivity index (χ0n) is 13.6. The lowest BCUT2D eigenvalue weighted by atomic mass is 9.55. The van der Waals surface area contributed by atoms with Crippen molar-refractivity contribution in [2.75, 3.05) is 20.6 Å². The topological polar surface area (TPSA) is 42.1 Å². The van der Waals surface area contributed by atoms with E-state index in [1.807, 2.05) is 14.1 Å². The minimum Gasteiger partial charge on any atom is -0.455 e. The molecule has 4 nitrogen and oxygen atoms in total. The number of hydrogen-bond acceptors (Lipinski definition) is 4. The van der Waals surface area contributed by atoms with Crippen LogP contribution in [-0.4, -0.2) is 48.8 Å². The molecule has 0 aromatic heterocycles. The summed E-state index contributed by atoms with van der Waals surface area (Å²) in [6.45, 7) is 5.34. The van der Waals surface area contributed by atoms with Gasteiger partial charge in [0.25, 0.3) is 0 Å². The number of esters is 1. The molecular weight excluding hydrogens is 266 g/mol. The number of epoxide rings is 1. The minimum absolute atomic E-state index is 0.0209. The second-order valence-corrected chi connectivity index (χ2v) is 8.26. The predicted octanol–water partition coefficient (Wildman–Crippen LogP) is 2.07. The molecule has 4 heteroatoms. The lowest BCUT2D eigenvalue weighted by Gasteiger charge is -2.50. The van der Waals surface area contributed by atoms with Gasteiger partial charge in [0.1, 0.15) is 11.7 Å². The van der Waals surface area contributed by atoms with Gasteiger partial charge in [-0.05, 0) is 52.6 Å². The van der Waals surface area contributed by atoms with Crippen LogP contribution in [0.25, 0.3) is 0 Å². The van der Waals surface area contributed by atoms with Crippen molar-refractivity contribution in [3.63, 3.8) is 0 Å². The Balaban J connectivity index is 1.73. The van der Waals surface area contributed by atoms with E-state index in [2.05, 4.69) is 18.7 Å². The van der Waals surface area contributed by atoms with E-state index >= 15 is 0 Å². The molecule has 0 amide bonds. The standard InChI is InChI=1S/C17H27NO3/c1-10-5-6-13-11(9-18(3)4)14(19)20-17(13)12(10)7-8-16(2)15(17)21-16/h10-13,15H,5-9H2,1-4H3/t10-,11?,12?,13?,15+,16+,17+/m0/s1. The van der Waals surface area contributed by atoms with Crippen molar-refractivity contribution in [1.82, 2.24) is 4.90 Å². The largest absolute Gasteiger partial charge is 0.455 e. The van der Waals surface area contributed by atoms with Gasteiger partial charge >= 0.3 is 5.97 Å². The Morgan fingerprint density at radius 1 is 1.24 bits per heavy atom. The summed E-state index contributed by atoms with van der Waals surface area (Å²) < 4.78 is 12.3. The number of carbonyl (C=O) groups is 1. The lowest BCUT2D eigenvalue weighted by Crippen LogP contribution is -2.58. The number of ether oxygens (including phenoxy) is 2. The number of hydrogen-bond donors (Lipinski definition) is 0. The summed E-state index contributed by atoms with van der Waals surface area (Å²) in [5.41, 5.74) is -0.346. The summed E-state index contributed by atoms with van der Waals surface area (Å²) in [4.78, 5) is 14.7. The van der Waals surface area contributed by atoms with Crippen LogP contribution in [0.4, 0.5) is 0 Å². The van der Waals surface area contributed by atoms with E-state index in [-0.39, 0.29) is 29.2 Å². The van der Waals surface area contributed by atoms with E-state index in [1.165, 1.54) is 6.42 Å². The molecule has 4 rings (SSSR count). The molecule has 0 N–H and O–H groups in total. The van der Waals surface area contributed by atoms with E-state index < -0.39 is 0 Å². The fourth-order valence-corrected chi connectivity index (χ4v) is 5.65. The molecule has 0 aromatic rings. The van der Waals surface area contributed by atoms with Gasteiger partial charge in [-0.25, -0.2) is 0 Å². The summed E-state index contributed by atoms with van der Waals surface area (Å²) in [6, 6.07) is 0. The Kier molecular flexibility index (Phi) is 2.82. The molecule has 3 unspecified atom stereocenters.